The van der Waals surface area contributed by atoms with Crippen LogP contribution in [0.2, 0.25) is 0 Å². The molecule has 1 amide bonds. The number of ether oxygens (including phenoxy) is 1. The van der Waals surface area contributed by atoms with Gasteiger partial charge >= 0.3 is 5.97 Å². The lowest BCUT2D eigenvalue weighted by molar-refractivity contribution is -0.151. The van der Waals surface area contributed by atoms with Gasteiger partial charge in [0.15, 0.2) is 0 Å². The van der Waals surface area contributed by atoms with Gasteiger partial charge in [-0.3, -0.25) is 4.79 Å². The maximum atomic E-state index is 12.9. The molecule has 1 fully saturated rings. The van der Waals surface area contributed by atoms with Crippen molar-refractivity contribution in [2.45, 2.75) is 37.5 Å². The molecule has 1 aliphatic rings. The van der Waals surface area contributed by atoms with Crippen LogP contribution >= 0.6 is 0 Å². The van der Waals surface area contributed by atoms with E-state index in [0.29, 0.717) is 6.42 Å². The third-order valence-electron chi connectivity index (χ3n) is 4.91. The van der Waals surface area contributed by atoms with E-state index in [1.54, 1.807) is 14.0 Å². The van der Waals surface area contributed by atoms with Gasteiger partial charge in [0.25, 0.3) is 0 Å². The first-order valence-corrected chi connectivity index (χ1v) is 8.82. The van der Waals surface area contributed by atoms with Gasteiger partial charge in [-0.05, 0) is 31.5 Å². The number of hydrogen-bond acceptors (Lipinski definition) is 4. The van der Waals surface area contributed by atoms with Crippen molar-refractivity contribution in [2.75, 3.05) is 7.05 Å². The second-order valence-electron chi connectivity index (χ2n) is 6.70. The summed E-state index contributed by atoms with van der Waals surface area (Å²) in [6, 6.07) is 18.9. The zero-order valence-electron chi connectivity index (χ0n) is 15.1. The van der Waals surface area contributed by atoms with Crippen LogP contribution in [-0.4, -0.2) is 30.5 Å². The lowest BCUT2D eigenvalue weighted by Gasteiger charge is -2.21. The van der Waals surface area contributed by atoms with Crippen LogP contribution in [0.1, 0.15) is 30.4 Å². The van der Waals surface area contributed by atoms with Gasteiger partial charge in [-0.1, -0.05) is 60.7 Å². The fourth-order valence-electron chi connectivity index (χ4n) is 3.08. The predicted molar refractivity (Wildman–Crippen MR) is 99.4 cm³/mol. The minimum Gasteiger partial charge on any atom is -0.459 e. The smallest absolute Gasteiger partial charge is 0.332 e. The molecule has 0 heterocycles. The highest BCUT2D eigenvalue weighted by Crippen LogP contribution is 2.52. The molecule has 0 aromatic heterocycles. The van der Waals surface area contributed by atoms with Crippen LogP contribution in [0.25, 0.3) is 0 Å². The van der Waals surface area contributed by atoms with E-state index in [0.717, 1.165) is 11.1 Å². The first-order chi connectivity index (χ1) is 12.6. The molecule has 136 valence electrons. The summed E-state index contributed by atoms with van der Waals surface area (Å²) >= 11 is 0. The van der Waals surface area contributed by atoms with Crippen molar-refractivity contribution < 1.29 is 14.3 Å². The third-order valence-corrected chi connectivity index (χ3v) is 4.91. The Kier molecular flexibility index (Phi) is 5.38. The number of hydrogen-bond donors (Lipinski definition) is 2. The molecule has 0 bridgehead atoms. The van der Waals surface area contributed by atoms with Crippen molar-refractivity contribution in [3.05, 3.63) is 71.8 Å². The maximum Gasteiger partial charge on any atom is 0.332 e. The normalized spacial score (nSPS) is 22.3. The fourth-order valence-corrected chi connectivity index (χ4v) is 3.08. The minimum atomic E-state index is -0.988. The monoisotopic (exact) mass is 352 g/mol. The lowest BCUT2D eigenvalue weighted by atomic mass is 10.1. The number of esters is 1. The number of carbonyl (C=O) groups is 2. The molecule has 5 heteroatoms. The van der Waals surface area contributed by atoms with E-state index in [1.165, 1.54) is 0 Å². The quantitative estimate of drug-likeness (QED) is 0.751. The van der Waals surface area contributed by atoms with E-state index in [4.69, 9.17) is 4.74 Å². The topological polar surface area (TPSA) is 67.4 Å². The van der Waals surface area contributed by atoms with Crippen molar-refractivity contribution in [1.29, 1.82) is 0 Å². The molecule has 2 unspecified atom stereocenters. The molecule has 0 spiro atoms. The van der Waals surface area contributed by atoms with E-state index in [1.807, 2.05) is 60.7 Å². The van der Waals surface area contributed by atoms with E-state index in [-0.39, 0.29) is 30.4 Å². The van der Waals surface area contributed by atoms with Gasteiger partial charge in [0.2, 0.25) is 5.91 Å². The van der Waals surface area contributed by atoms with Crippen molar-refractivity contribution in [2.24, 2.45) is 0 Å². The summed E-state index contributed by atoms with van der Waals surface area (Å²) in [5, 5.41) is 5.83. The molecule has 5 nitrogen and oxygen atoms in total. The number of amides is 1. The Morgan fingerprint density at radius 2 is 1.73 bits per heavy atom. The molecule has 0 aliphatic heterocycles. The standard InChI is InChI=1S/C21H24N2O3/c1-15(22-2)19(24)23-21(13-18(21)17-11-7-4-8-12-17)20(25)26-14-16-9-5-3-6-10-16/h3-12,15,18,22H,13-14H2,1-2H3,(H,23,24)/t15-,18?,21?/m1/s1. The van der Waals surface area contributed by atoms with Crippen LogP contribution in [-0.2, 0) is 20.9 Å². The van der Waals surface area contributed by atoms with Crippen molar-refractivity contribution in [3.63, 3.8) is 0 Å². The van der Waals surface area contributed by atoms with Gasteiger partial charge in [0, 0.05) is 5.92 Å². The van der Waals surface area contributed by atoms with Gasteiger partial charge in [-0.15, -0.1) is 0 Å². The number of benzene rings is 2. The molecular formula is C21H24N2O3. The summed E-state index contributed by atoms with van der Waals surface area (Å²) in [7, 11) is 1.71. The molecule has 2 aromatic carbocycles. The van der Waals surface area contributed by atoms with Crippen LogP contribution in [0.3, 0.4) is 0 Å². The third kappa shape index (κ3) is 3.78. The average Bonchev–Trinajstić information content (AvgIpc) is 3.42. The first kappa shape index (κ1) is 18.1. The highest BCUT2D eigenvalue weighted by atomic mass is 16.5. The Hall–Kier alpha value is -2.66. The zero-order chi connectivity index (χ0) is 18.6. The average molecular weight is 352 g/mol. The summed E-state index contributed by atoms with van der Waals surface area (Å²) in [5.41, 5.74) is 0.961. The van der Waals surface area contributed by atoms with Crippen LogP contribution in [0.15, 0.2) is 60.7 Å². The molecule has 3 atom stereocenters. The summed E-state index contributed by atoms with van der Waals surface area (Å²) in [4.78, 5) is 25.3. The van der Waals surface area contributed by atoms with Crippen molar-refractivity contribution in [3.8, 4) is 0 Å². The summed E-state index contributed by atoms with van der Waals surface area (Å²) < 4.78 is 5.55. The second kappa shape index (κ2) is 7.70. The Morgan fingerprint density at radius 1 is 1.12 bits per heavy atom. The predicted octanol–water partition coefficient (Wildman–Crippen LogP) is 2.38. The Balaban J connectivity index is 1.75. The molecule has 2 N–H and O–H groups in total. The Labute approximate surface area is 153 Å². The Morgan fingerprint density at radius 3 is 2.35 bits per heavy atom. The lowest BCUT2D eigenvalue weighted by Crippen LogP contribution is -2.51. The summed E-state index contributed by atoms with van der Waals surface area (Å²) in [5.74, 6) is -0.658. The number of carbonyl (C=O) groups excluding carboxylic acids is 2. The van der Waals surface area contributed by atoms with Crippen molar-refractivity contribution in [1.82, 2.24) is 10.6 Å². The highest BCUT2D eigenvalue weighted by Gasteiger charge is 2.63. The first-order valence-electron chi connectivity index (χ1n) is 8.82. The number of likely N-dealkylation sites (N-methyl/N-ethyl adjacent to an activating group) is 1. The van der Waals surface area contributed by atoms with E-state index in [9.17, 15) is 9.59 Å². The summed E-state index contributed by atoms with van der Waals surface area (Å²) in [6.45, 7) is 1.96. The maximum absolute atomic E-state index is 12.9. The van der Waals surface area contributed by atoms with Crippen LogP contribution in [0, 0.1) is 0 Å². The van der Waals surface area contributed by atoms with Crippen LogP contribution < -0.4 is 10.6 Å². The molecule has 1 aliphatic carbocycles. The largest absolute Gasteiger partial charge is 0.459 e. The molecule has 26 heavy (non-hydrogen) atoms. The second-order valence-corrected chi connectivity index (χ2v) is 6.70. The van der Waals surface area contributed by atoms with E-state index in [2.05, 4.69) is 10.6 Å². The fraction of sp³-hybridized carbons (Fsp3) is 0.333. The Bertz CT molecular complexity index is 763. The molecular weight excluding hydrogens is 328 g/mol. The van der Waals surface area contributed by atoms with Crippen molar-refractivity contribution >= 4 is 11.9 Å². The van der Waals surface area contributed by atoms with Gasteiger partial charge in [-0.25, -0.2) is 4.79 Å². The highest BCUT2D eigenvalue weighted by molar-refractivity contribution is 5.94. The van der Waals surface area contributed by atoms with Gasteiger partial charge in [-0.2, -0.15) is 0 Å². The van der Waals surface area contributed by atoms with Gasteiger partial charge in [0.05, 0.1) is 6.04 Å². The minimum absolute atomic E-state index is 0.0695. The van der Waals surface area contributed by atoms with Gasteiger partial charge in [0.1, 0.15) is 12.1 Å². The number of rotatable bonds is 7. The molecule has 2 aromatic rings. The summed E-state index contributed by atoms with van der Waals surface area (Å²) in [6.07, 6.45) is 0.548. The molecule has 0 saturated heterocycles. The number of nitrogens with one attached hydrogen (secondary N) is 2. The van der Waals surface area contributed by atoms with E-state index >= 15 is 0 Å². The van der Waals surface area contributed by atoms with Crippen LogP contribution in [0.4, 0.5) is 0 Å². The van der Waals surface area contributed by atoms with Gasteiger partial charge < -0.3 is 15.4 Å². The molecule has 3 rings (SSSR count). The SMILES string of the molecule is CN[C@H](C)C(=O)NC1(C(=O)OCc2ccccc2)CC1c1ccccc1. The zero-order valence-corrected chi connectivity index (χ0v) is 15.1. The van der Waals surface area contributed by atoms with Crippen LogP contribution in [0.5, 0.6) is 0 Å². The van der Waals surface area contributed by atoms with E-state index < -0.39 is 5.54 Å². The molecule has 1 saturated carbocycles. The molecule has 0 radical (unpaired) electrons.